The average Bonchev–Trinajstić information content (AvgIpc) is 3.06. The Bertz CT molecular complexity index is 506. The van der Waals surface area contributed by atoms with Crippen molar-refractivity contribution in [2.75, 3.05) is 19.7 Å². The van der Waals surface area contributed by atoms with Gasteiger partial charge in [0.2, 0.25) is 0 Å². The Labute approximate surface area is 114 Å². The van der Waals surface area contributed by atoms with E-state index in [1.807, 2.05) is 13.8 Å². The normalized spacial score (nSPS) is 20.3. The molecule has 1 atom stereocenters. The molecule has 0 aliphatic carbocycles. The third-order valence-corrected chi connectivity index (χ3v) is 5.19. The monoisotopic (exact) mass is 287 g/mol. The maximum Gasteiger partial charge on any atom is 0.260 e. The zero-order valence-corrected chi connectivity index (χ0v) is 12.2. The van der Waals surface area contributed by atoms with Gasteiger partial charge in [-0.2, -0.15) is 4.31 Å². The SMILES string of the molecule is CCc1ncc(S(=O)(=O)N(CC)CC2CCCO2)[nH]1. The number of imidazole rings is 1. The molecule has 1 aromatic heterocycles. The molecule has 2 rings (SSSR count). The molecule has 1 aliphatic rings. The number of rotatable bonds is 6. The molecule has 6 nitrogen and oxygen atoms in total. The molecule has 19 heavy (non-hydrogen) atoms. The first-order chi connectivity index (χ1) is 9.07. The first kappa shape index (κ1) is 14.5. The molecule has 0 aromatic carbocycles. The van der Waals surface area contributed by atoms with Gasteiger partial charge in [-0.15, -0.1) is 0 Å². The summed E-state index contributed by atoms with van der Waals surface area (Å²) in [6.45, 7) is 5.34. The summed E-state index contributed by atoms with van der Waals surface area (Å²) in [7, 11) is -3.49. The lowest BCUT2D eigenvalue weighted by molar-refractivity contribution is 0.0946. The number of aromatic amines is 1. The van der Waals surface area contributed by atoms with Gasteiger partial charge in [0, 0.05) is 26.1 Å². The summed E-state index contributed by atoms with van der Waals surface area (Å²) in [5, 5.41) is 0.171. The van der Waals surface area contributed by atoms with E-state index in [1.54, 1.807) is 0 Å². The molecule has 0 spiro atoms. The molecule has 1 saturated heterocycles. The molecule has 0 bridgehead atoms. The highest BCUT2D eigenvalue weighted by atomic mass is 32.2. The van der Waals surface area contributed by atoms with Crippen molar-refractivity contribution in [3.05, 3.63) is 12.0 Å². The van der Waals surface area contributed by atoms with Crippen molar-refractivity contribution in [3.8, 4) is 0 Å². The van der Waals surface area contributed by atoms with Crippen LogP contribution < -0.4 is 0 Å². The standard InChI is InChI=1S/C12H21N3O3S/c1-3-11-13-8-12(14-11)19(16,17)15(4-2)9-10-6-5-7-18-10/h8,10H,3-7,9H2,1-2H3,(H,13,14). The van der Waals surface area contributed by atoms with Gasteiger partial charge in [0.25, 0.3) is 10.0 Å². The van der Waals surface area contributed by atoms with Crippen LogP contribution in [0, 0.1) is 0 Å². The van der Waals surface area contributed by atoms with Gasteiger partial charge in [-0.05, 0) is 12.8 Å². The van der Waals surface area contributed by atoms with E-state index in [0.29, 0.717) is 25.3 Å². The molecule has 0 radical (unpaired) electrons. The van der Waals surface area contributed by atoms with E-state index >= 15 is 0 Å². The van der Waals surface area contributed by atoms with Crippen LogP contribution >= 0.6 is 0 Å². The van der Waals surface area contributed by atoms with Crippen LogP contribution in [0.5, 0.6) is 0 Å². The predicted octanol–water partition coefficient (Wildman–Crippen LogP) is 1.16. The minimum Gasteiger partial charge on any atom is -0.377 e. The Kier molecular flexibility index (Phi) is 4.59. The number of aryl methyl sites for hydroxylation is 1. The highest BCUT2D eigenvalue weighted by Gasteiger charge is 2.29. The number of nitrogens with zero attached hydrogens (tertiary/aromatic N) is 2. The van der Waals surface area contributed by atoms with Crippen LogP contribution in [0.3, 0.4) is 0 Å². The quantitative estimate of drug-likeness (QED) is 0.852. The third-order valence-electron chi connectivity index (χ3n) is 3.34. The van der Waals surface area contributed by atoms with E-state index in [4.69, 9.17) is 4.74 Å². The highest BCUT2D eigenvalue weighted by Crippen LogP contribution is 2.18. The molecule has 1 N–H and O–H groups in total. The smallest absolute Gasteiger partial charge is 0.260 e. The summed E-state index contributed by atoms with van der Waals surface area (Å²) >= 11 is 0. The highest BCUT2D eigenvalue weighted by molar-refractivity contribution is 7.89. The van der Waals surface area contributed by atoms with Crippen molar-refractivity contribution in [2.45, 2.75) is 44.2 Å². The lowest BCUT2D eigenvalue weighted by atomic mass is 10.2. The summed E-state index contributed by atoms with van der Waals surface area (Å²) in [5.74, 6) is 0.687. The Balaban J connectivity index is 2.15. The summed E-state index contributed by atoms with van der Waals surface area (Å²) in [4.78, 5) is 6.92. The number of sulfonamides is 1. The fourth-order valence-corrected chi connectivity index (χ4v) is 3.62. The number of hydrogen-bond acceptors (Lipinski definition) is 4. The first-order valence-corrected chi connectivity index (χ1v) is 8.17. The maximum absolute atomic E-state index is 12.5. The minimum atomic E-state index is -3.49. The lowest BCUT2D eigenvalue weighted by Crippen LogP contribution is -2.37. The Morgan fingerprint density at radius 1 is 1.53 bits per heavy atom. The van der Waals surface area contributed by atoms with Crippen LogP contribution in [0.15, 0.2) is 11.2 Å². The molecular weight excluding hydrogens is 266 g/mol. The van der Waals surface area contributed by atoms with Crippen LogP contribution in [0.1, 0.15) is 32.5 Å². The van der Waals surface area contributed by atoms with Crippen LogP contribution in [0.25, 0.3) is 0 Å². The Morgan fingerprint density at radius 2 is 2.32 bits per heavy atom. The number of hydrogen-bond donors (Lipinski definition) is 1. The van der Waals surface area contributed by atoms with Crippen LogP contribution in [-0.4, -0.2) is 48.5 Å². The zero-order valence-electron chi connectivity index (χ0n) is 11.4. The largest absolute Gasteiger partial charge is 0.377 e. The topological polar surface area (TPSA) is 75.3 Å². The van der Waals surface area contributed by atoms with Crippen molar-refractivity contribution in [2.24, 2.45) is 0 Å². The summed E-state index contributed by atoms with van der Waals surface area (Å²) in [6, 6.07) is 0. The summed E-state index contributed by atoms with van der Waals surface area (Å²) in [5.41, 5.74) is 0. The first-order valence-electron chi connectivity index (χ1n) is 6.73. The van der Waals surface area contributed by atoms with Gasteiger partial charge in [0.05, 0.1) is 12.3 Å². The van der Waals surface area contributed by atoms with Gasteiger partial charge < -0.3 is 9.72 Å². The van der Waals surface area contributed by atoms with Crippen molar-refractivity contribution >= 4 is 10.0 Å². The maximum atomic E-state index is 12.5. The molecular formula is C12H21N3O3S. The number of ether oxygens (including phenoxy) is 1. The van der Waals surface area contributed by atoms with Crippen molar-refractivity contribution < 1.29 is 13.2 Å². The van der Waals surface area contributed by atoms with E-state index in [2.05, 4.69) is 9.97 Å². The van der Waals surface area contributed by atoms with E-state index in [-0.39, 0.29) is 11.1 Å². The van der Waals surface area contributed by atoms with E-state index in [9.17, 15) is 8.42 Å². The third kappa shape index (κ3) is 3.16. The zero-order chi connectivity index (χ0) is 13.9. The lowest BCUT2D eigenvalue weighted by Gasteiger charge is -2.22. The fraction of sp³-hybridized carbons (Fsp3) is 0.750. The van der Waals surface area contributed by atoms with Crippen molar-refractivity contribution in [1.82, 2.24) is 14.3 Å². The number of H-pyrrole nitrogens is 1. The fourth-order valence-electron chi connectivity index (χ4n) is 2.21. The number of aromatic nitrogens is 2. The van der Waals surface area contributed by atoms with Gasteiger partial charge in [-0.25, -0.2) is 13.4 Å². The van der Waals surface area contributed by atoms with Gasteiger partial charge in [-0.3, -0.25) is 0 Å². The summed E-state index contributed by atoms with van der Waals surface area (Å²) < 4.78 is 31.9. The molecule has 0 saturated carbocycles. The second-order valence-electron chi connectivity index (χ2n) is 4.64. The van der Waals surface area contributed by atoms with Gasteiger partial charge in [-0.1, -0.05) is 13.8 Å². The van der Waals surface area contributed by atoms with Gasteiger partial charge >= 0.3 is 0 Å². The molecule has 7 heteroatoms. The van der Waals surface area contributed by atoms with Crippen molar-refractivity contribution in [1.29, 1.82) is 0 Å². The number of nitrogens with one attached hydrogen (secondary N) is 1. The predicted molar refractivity (Wildman–Crippen MR) is 71.4 cm³/mol. The second-order valence-corrected chi connectivity index (χ2v) is 6.54. The van der Waals surface area contributed by atoms with Crippen LogP contribution in [-0.2, 0) is 21.2 Å². The van der Waals surface area contributed by atoms with E-state index < -0.39 is 10.0 Å². The van der Waals surface area contributed by atoms with E-state index in [1.165, 1.54) is 10.5 Å². The molecule has 1 fully saturated rings. The Morgan fingerprint density at radius 3 is 2.84 bits per heavy atom. The second kappa shape index (κ2) is 6.02. The summed E-state index contributed by atoms with van der Waals surface area (Å²) in [6.07, 6.45) is 4.03. The molecule has 0 amide bonds. The van der Waals surface area contributed by atoms with Crippen LogP contribution in [0.4, 0.5) is 0 Å². The molecule has 1 aliphatic heterocycles. The molecule has 108 valence electrons. The van der Waals surface area contributed by atoms with E-state index in [0.717, 1.165) is 19.4 Å². The number of likely N-dealkylation sites (N-methyl/N-ethyl adjacent to an activating group) is 1. The average molecular weight is 287 g/mol. The minimum absolute atomic E-state index is 0.0169. The van der Waals surface area contributed by atoms with Crippen molar-refractivity contribution in [3.63, 3.8) is 0 Å². The Hall–Kier alpha value is -0.920. The molecule has 1 unspecified atom stereocenters. The molecule has 2 heterocycles. The van der Waals surface area contributed by atoms with Gasteiger partial charge in [0.15, 0.2) is 5.03 Å². The van der Waals surface area contributed by atoms with Gasteiger partial charge in [0.1, 0.15) is 5.82 Å². The van der Waals surface area contributed by atoms with Crippen LogP contribution in [0.2, 0.25) is 0 Å². The molecule has 1 aromatic rings.